The maximum Gasteiger partial charge on any atom is 0.323 e. The van der Waals surface area contributed by atoms with Crippen molar-refractivity contribution in [3.05, 3.63) is 0 Å². The molecule has 0 unspecified atom stereocenters. The van der Waals surface area contributed by atoms with E-state index in [0.717, 1.165) is 0 Å². The number of carboxylic acid groups (broad SMARTS) is 1. The first-order valence-corrected chi connectivity index (χ1v) is 4.71. The molecule has 0 atom stereocenters. The third-order valence-electron chi connectivity index (χ3n) is 1.66. The highest BCUT2D eigenvalue weighted by molar-refractivity contribution is 5.86. The number of hydrogen-bond acceptors (Lipinski definition) is 3. The molecule has 6 nitrogen and oxygen atoms in total. The van der Waals surface area contributed by atoms with Gasteiger partial charge < -0.3 is 15.3 Å². The number of rotatable bonds is 6. The van der Waals surface area contributed by atoms with Crippen LogP contribution in [0.5, 0.6) is 0 Å². The summed E-state index contributed by atoms with van der Waals surface area (Å²) in [5, 5.41) is 10.9. The van der Waals surface area contributed by atoms with Crippen molar-refractivity contribution in [3.63, 3.8) is 0 Å². The minimum Gasteiger partial charge on any atom is -0.480 e. The third kappa shape index (κ3) is 6.48. The van der Waals surface area contributed by atoms with Crippen molar-refractivity contribution in [2.45, 2.75) is 20.3 Å². The van der Waals surface area contributed by atoms with Gasteiger partial charge >= 0.3 is 5.97 Å². The lowest BCUT2D eigenvalue weighted by Gasteiger charge is -2.19. The molecule has 0 radical (unpaired) electrons. The van der Waals surface area contributed by atoms with E-state index in [1.807, 2.05) is 6.92 Å². The van der Waals surface area contributed by atoms with Gasteiger partial charge in [-0.1, -0.05) is 6.92 Å². The smallest absolute Gasteiger partial charge is 0.323 e. The van der Waals surface area contributed by atoms with E-state index in [-0.39, 0.29) is 24.9 Å². The standard InChI is InChI=1S/C9H16N2O4/c1-3-4-11(6-9(14)15)8(13)5-10-7(2)12/h3-6H2,1-2H3,(H,10,12)(H,14,15). The van der Waals surface area contributed by atoms with Gasteiger partial charge in [0.25, 0.3) is 0 Å². The molecule has 0 rings (SSSR count). The summed E-state index contributed by atoms with van der Waals surface area (Å²) in [6, 6.07) is 0. The Morgan fingerprint density at radius 2 is 1.93 bits per heavy atom. The van der Waals surface area contributed by atoms with Crippen LogP contribution < -0.4 is 5.32 Å². The van der Waals surface area contributed by atoms with Crippen molar-refractivity contribution >= 4 is 17.8 Å². The SMILES string of the molecule is CCCN(CC(=O)O)C(=O)CNC(C)=O. The van der Waals surface area contributed by atoms with Gasteiger partial charge in [0.1, 0.15) is 6.54 Å². The summed E-state index contributed by atoms with van der Waals surface area (Å²) in [6.07, 6.45) is 0.680. The first kappa shape index (κ1) is 13.4. The van der Waals surface area contributed by atoms with Gasteiger partial charge in [-0.25, -0.2) is 0 Å². The summed E-state index contributed by atoms with van der Waals surface area (Å²) in [7, 11) is 0. The minimum absolute atomic E-state index is 0.150. The molecular formula is C9H16N2O4. The molecule has 0 saturated carbocycles. The zero-order valence-electron chi connectivity index (χ0n) is 8.95. The van der Waals surface area contributed by atoms with Crippen LogP contribution in [0.1, 0.15) is 20.3 Å². The summed E-state index contributed by atoms with van der Waals surface area (Å²) >= 11 is 0. The molecule has 0 spiro atoms. The van der Waals surface area contributed by atoms with Gasteiger partial charge in [-0.3, -0.25) is 14.4 Å². The Kier molecular flexibility index (Phi) is 6.08. The Bertz CT molecular complexity index is 252. The number of nitrogens with zero attached hydrogens (tertiary/aromatic N) is 1. The number of aliphatic carboxylic acids is 1. The van der Waals surface area contributed by atoms with E-state index in [1.165, 1.54) is 11.8 Å². The highest BCUT2D eigenvalue weighted by atomic mass is 16.4. The fraction of sp³-hybridized carbons (Fsp3) is 0.667. The highest BCUT2D eigenvalue weighted by Gasteiger charge is 2.15. The van der Waals surface area contributed by atoms with Gasteiger partial charge in [0.15, 0.2) is 0 Å². The predicted molar refractivity (Wildman–Crippen MR) is 53.2 cm³/mol. The Labute approximate surface area is 88.2 Å². The van der Waals surface area contributed by atoms with Gasteiger partial charge in [-0.05, 0) is 6.42 Å². The maximum atomic E-state index is 11.4. The van der Waals surface area contributed by atoms with E-state index in [0.29, 0.717) is 13.0 Å². The van der Waals surface area contributed by atoms with Crippen LogP contribution in [0.2, 0.25) is 0 Å². The molecular weight excluding hydrogens is 200 g/mol. The monoisotopic (exact) mass is 216 g/mol. The molecule has 2 N–H and O–H groups in total. The Morgan fingerprint density at radius 1 is 1.33 bits per heavy atom. The average molecular weight is 216 g/mol. The van der Waals surface area contributed by atoms with E-state index >= 15 is 0 Å². The van der Waals surface area contributed by atoms with Crippen molar-refractivity contribution < 1.29 is 19.5 Å². The quantitative estimate of drug-likeness (QED) is 0.623. The molecule has 0 aliphatic heterocycles. The Balaban J connectivity index is 4.15. The average Bonchev–Trinajstić information content (AvgIpc) is 2.12. The van der Waals surface area contributed by atoms with E-state index in [1.54, 1.807) is 0 Å². The van der Waals surface area contributed by atoms with Crippen LogP contribution in [0.3, 0.4) is 0 Å². The lowest BCUT2D eigenvalue weighted by atomic mass is 10.3. The van der Waals surface area contributed by atoms with Crippen LogP contribution in [0.25, 0.3) is 0 Å². The molecule has 86 valence electrons. The molecule has 0 fully saturated rings. The highest BCUT2D eigenvalue weighted by Crippen LogP contribution is 1.92. The van der Waals surface area contributed by atoms with E-state index < -0.39 is 5.97 Å². The zero-order valence-corrected chi connectivity index (χ0v) is 8.95. The van der Waals surface area contributed by atoms with Crippen LogP contribution in [0.4, 0.5) is 0 Å². The fourth-order valence-electron chi connectivity index (χ4n) is 1.04. The van der Waals surface area contributed by atoms with Crippen molar-refractivity contribution in [2.24, 2.45) is 0 Å². The number of hydrogen-bond donors (Lipinski definition) is 2. The molecule has 0 heterocycles. The third-order valence-corrected chi connectivity index (χ3v) is 1.66. The van der Waals surface area contributed by atoms with Gasteiger partial charge in [0, 0.05) is 13.5 Å². The summed E-state index contributed by atoms with van der Waals surface area (Å²) in [4.78, 5) is 33.6. The van der Waals surface area contributed by atoms with Gasteiger partial charge in [-0.2, -0.15) is 0 Å². The number of carbonyl (C=O) groups excluding carboxylic acids is 2. The largest absolute Gasteiger partial charge is 0.480 e. The molecule has 0 aromatic carbocycles. The molecule has 2 amide bonds. The lowest BCUT2D eigenvalue weighted by Crippen LogP contribution is -2.42. The second kappa shape index (κ2) is 6.80. The molecule has 0 aromatic rings. The first-order chi connectivity index (χ1) is 6.97. The van der Waals surface area contributed by atoms with Gasteiger partial charge in [-0.15, -0.1) is 0 Å². The van der Waals surface area contributed by atoms with Crippen LogP contribution in [-0.2, 0) is 14.4 Å². The van der Waals surface area contributed by atoms with Crippen molar-refractivity contribution in [2.75, 3.05) is 19.6 Å². The van der Waals surface area contributed by atoms with E-state index in [4.69, 9.17) is 5.11 Å². The second-order valence-corrected chi connectivity index (χ2v) is 3.12. The number of carbonyl (C=O) groups is 3. The molecule has 0 bridgehead atoms. The fourth-order valence-corrected chi connectivity index (χ4v) is 1.04. The zero-order chi connectivity index (χ0) is 11.8. The van der Waals surface area contributed by atoms with Crippen molar-refractivity contribution in [1.29, 1.82) is 0 Å². The number of carboxylic acids is 1. The lowest BCUT2D eigenvalue weighted by molar-refractivity contribution is -0.144. The topological polar surface area (TPSA) is 86.7 Å². The maximum absolute atomic E-state index is 11.4. The summed E-state index contributed by atoms with van der Waals surface area (Å²) in [5.74, 6) is -1.75. The summed E-state index contributed by atoms with van der Waals surface area (Å²) in [5.41, 5.74) is 0. The molecule has 0 aliphatic rings. The van der Waals surface area contributed by atoms with Crippen LogP contribution in [0.15, 0.2) is 0 Å². The molecule has 0 aromatic heterocycles. The first-order valence-electron chi connectivity index (χ1n) is 4.71. The Hall–Kier alpha value is -1.59. The van der Waals surface area contributed by atoms with Crippen molar-refractivity contribution in [1.82, 2.24) is 10.2 Å². The predicted octanol–water partition coefficient (Wildman–Crippen LogP) is -0.554. The molecule has 6 heteroatoms. The van der Waals surface area contributed by atoms with Crippen molar-refractivity contribution in [3.8, 4) is 0 Å². The van der Waals surface area contributed by atoms with Crippen LogP contribution in [0, 0.1) is 0 Å². The normalized spacial score (nSPS) is 9.47. The number of nitrogens with one attached hydrogen (secondary N) is 1. The van der Waals surface area contributed by atoms with Gasteiger partial charge in [0.05, 0.1) is 6.54 Å². The summed E-state index contributed by atoms with van der Waals surface area (Å²) < 4.78 is 0. The van der Waals surface area contributed by atoms with Crippen LogP contribution in [-0.4, -0.2) is 47.4 Å². The second-order valence-electron chi connectivity index (χ2n) is 3.12. The van der Waals surface area contributed by atoms with E-state index in [9.17, 15) is 14.4 Å². The number of amides is 2. The van der Waals surface area contributed by atoms with Gasteiger partial charge in [0.2, 0.25) is 11.8 Å². The minimum atomic E-state index is -1.06. The molecule has 0 aliphatic carbocycles. The molecule has 0 saturated heterocycles. The molecule has 15 heavy (non-hydrogen) atoms. The van der Waals surface area contributed by atoms with E-state index in [2.05, 4.69) is 5.32 Å². The Morgan fingerprint density at radius 3 is 2.33 bits per heavy atom. The van der Waals surface area contributed by atoms with Crippen LogP contribution >= 0.6 is 0 Å². The summed E-state index contributed by atoms with van der Waals surface area (Å²) in [6.45, 7) is 3.05.